The molecule has 0 bridgehead atoms. The molecule has 0 spiro atoms. The maximum atomic E-state index is 11.1. The Labute approximate surface area is 103 Å². The molecule has 0 N–H and O–H groups in total. The Kier molecular flexibility index (Phi) is 8.96. The largest absolute Gasteiger partial charge is 1.00 e. The van der Waals surface area contributed by atoms with Gasteiger partial charge in [-0.1, -0.05) is 6.58 Å². The van der Waals surface area contributed by atoms with E-state index in [1.165, 1.54) is 6.08 Å². The van der Waals surface area contributed by atoms with Crippen LogP contribution in [0.4, 0.5) is 0 Å². The molecule has 0 radical (unpaired) electrons. The fourth-order valence-corrected chi connectivity index (χ4v) is 1.77. The van der Waals surface area contributed by atoms with Crippen LogP contribution in [-0.4, -0.2) is 36.3 Å². The quantitative estimate of drug-likeness (QED) is 0.268. The van der Waals surface area contributed by atoms with E-state index >= 15 is 0 Å². The number of quaternary nitrogens is 1. The van der Waals surface area contributed by atoms with Gasteiger partial charge in [0.05, 0.1) is 19.6 Å². The molecule has 90 valence electrons. The molecule has 0 aliphatic heterocycles. The summed E-state index contributed by atoms with van der Waals surface area (Å²) in [6, 6.07) is 0. The molecule has 0 rings (SSSR count). The van der Waals surface area contributed by atoms with E-state index in [4.69, 9.17) is 4.74 Å². The third kappa shape index (κ3) is 4.34. The summed E-state index contributed by atoms with van der Waals surface area (Å²) in [6.07, 6.45) is 1.12. The molecule has 1 atom stereocenters. The molecular weight excluding hydrogens is 258 g/mol. The van der Waals surface area contributed by atoms with Crippen molar-refractivity contribution in [3.05, 3.63) is 12.7 Å². The fraction of sp³-hybridized carbons (Fsp3) is 0.727. The molecule has 3 nitrogen and oxygen atoms in total. The summed E-state index contributed by atoms with van der Waals surface area (Å²) in [5.74, 6) is -0.338. The first-order valence-electron chi connectivity index (χ1n) is 5.25. The van der Waals surface area contributed by atoms with Crippen LogP contribution in [0.5, 0.6) is 0 Å². The lowest BCUT2D eigenvalue weighted by molar-refractivity contribution is -0.962. The zero-order valence-corrected chi connectivity index (χ0v) is 11.7. The predicted octanol–water partition coefficient (Wildman–Crippen LogP) is -1.06. The van der Waals surface area contributed by atoms with Gasteiger partial charge in [0.2, 0.25) is 6.23 Å². The van der Waals surface area contributed by atoms with Gasteiger partial charge in [-0.15, -0.1) is 0 Å². The molecule has 4 heteroatoms. The molecule has 0 aromatic rings. The molecule has 0 fully saturated rings. The van der Waals surface area contributed by atoms with Gasteiger partial charge in [0.1, 0.15) is 0 Å². The Morgan fingerprint density at radius 3 is 2.00 bits per heavy atom. The lowest BCUT2D eigenvalue weighted by atomic mass is 10.3. The van der Waals surface area contributed by atoms with Crippen LogP contribution in [-0.2, 0) is 9.53 Å². The van der Waals surface area contributed by atoms with Crippen molar-refractivity contribution >= 4 is 5.97 Å². The minimum Gasteiger partial charge on any atom is -1.00 e. The van der Waals surface area contributed by atoms with E-state index < -0.39 is 0 Å². The van der Waals surface area contributed by atoms with Gasteiger partial charge < -0.3 is 21.7 Å². The Hall–Kier alpha value is -0.350. The minimum atomic E-state index is -0.338. The highest BCUT2D eigenvalue weighted by atomic mass is 79.9. The van der Waals surface area contributed by atoms with Crippen LogP contribution in [0.25, 0.3) is 0 Å². The molecule has 0 heterocycles. The van der Waals surface area contributed by atoms with Crippen LogP contribution in [0.2, 0.25) is 0 Å². The molecule has 0 aromatic carbocycles. The van der Waals surface area contributed by atoms with E-state index in [0.717, 1.165) is 24.1 Å². The van der Waals surface area contributed by atoms with Crippen LogP contribution < -0.4 is 17.0 Å². The number of ether oxygens (including phenoxy) is 1. The first-order chi connectivity index (χ1) is 6.56. The van der Waals surface area contributed by atoms with Crippen molar-refractivity contribution in [2.45, 2.75) is 33.9 Å². The molecule has 0 aromatic heterocycles. The fourth-order valence-electron chi connectivity index (χ4n) is 1.77. The van der Waals surface area contributed by atoms with Crippen molar-refractivity contribution in [2.75, 3.05) is 19.6 Å². The summed E-state index contributed by atoms with van der Waals surface area (Å²) in [6.45, 7) is 14.6. The summed E-state index contributed by atoms with van der Waals surface area (Å²) in [5, 5.41) is 0. The minimum absolute atomic E-state index is 0. The molecule has 0 aliphatic rings. The zero-order valence-electron chi connectivity index (χ0n) is 10.1. The highest BCUT2D eigenvalue weighted by Crippen LogP contribution is 2.14. The van der Waals surface area contributed by atoms with Gasteiger partial charge >= 0.3 is 5.97 Å². The topological polar surface area (TPSA) is 26.3 Å². The number of esters is 1. The summed E-state index contributed by atoms with van der Waals surface area (Å²) in [4.78, 5) is 11.1. The number of nitrogens with zero attached hydrogens (tertiary/aromatic N) is 1. The van der Waals surface area contributed by atoms with Crippen LogP contribution in [0.1, 0.15) is 27.7 Å². The summed E-state index contributed by atoms with van der Waals surface area (Å²) in [7, 11) is 0. The summed E-state index contributed by atoms with van der Waals surface area (Å²) in [5.41, 5.74) is 0. The molecular formula is C11H22BrNO2. The molecule has 0 amide bonds. The van der Waals surface area contributed by atoms with Crippen molar-refractivity contribution in [1.82, 2.24) is 0 Å². The number of hydrogen-bond acceptors (Lipinski definition) is 2. The van der Waals surface area contributed by atoms with Crippen LogP contribution >= 0.6 is 0 Å². The van der Waals surface area contributed by atoms with Gasteiger partial charge in [0, 0.05) is 13.0 Å². The van der Waals surface area contributed by atoms with Crippen LogP contribution in [0.15, 0.2) is 12.7 Å². The third-order valence-corrected chi connectivity index (χ3v) is 3.11. The van der Waals surface area contributed by atoms with Crippen LogP contribution in [0.3, 0.4) is 0 Å². The Morgan fingerprint density at radius 1 is 1.33 bits per heavy atom. The number of carbonyl (C=O) groups excluding carboxylic acids is 1. The second-order valence-corrected chi connectivity index (χ2v) is 3.41. The normalized spacial score (nSPS) is 12.5. The molecule has 0 aliphatic carbocycles. The first kappa shape index (κ1) is 17.1. The number of halogens is 1. The Balaban J connectivity index is 0. The van der Waals surface area contributed by atoms with Crippen molar-refractivity contribution < 1.29 is 31.0 Å². The standard InChI is InChI=1S/C11H22NO2.BrH/c1-6-11(13)14-10(5)12(7-2,8-3)9-4;/h6,10H,1,7-9H2,2-5H3;1H/q+1;/p-1. The monoisotopic (exact) mass is 279 g/mol. The van der Waals surface area contributed by atoms with Crippen molar-refractivity contribution in [3.63, 3.8) is 0 Å². The smallest absolute Gasteiger partial charge is 0.334 e. The van der Waals surface area contributed by atoms with E-state index in [1.54, 1.807) is 0 Å². The van der Waals surface area contributed by atoms with Crippen LogP contribution in [0, 0.1) is 0 Å². The molecule has 0 saturated heterocycles. The summed E-state index contributed by atoms with van der Waals surface area (Å²) < 4.78 is 6.06. The van der Waals surface area contributed by atoms with Gasteiger partial charge in [0.15, 0.2) is 0 Å². The molecule has 0 saturated carbocycles. The van der Waals surface area contributed by atoms with E-state index in [-0.39, 0.29) is 29.2 Å². The predicted molar refractivity (Wildman–Crippen MR) is 57.6 cm³/mol. The molecule has 15 heavy (non-hydrogen) atoms. The molecule has 1 unspecified atom stereocenters. The van der Waals surface area contributed by atoms with E-state index in [0.29, 0.717) is 0 Å². The SMILES string of the molecule is C=CC(=O)OC(C)[N+](CC)(CC)CC.[Br-]. The van der Waals surface area contributed by atoms with E-state index in [9.17, 15) is 4.79 Å². The number of rotatable bonds is 6. The second kappa shape index (κ2) is 7.88. The summed E-state index contributed by atoms with van der Waals surface area (Å²) >= 11 is 0. The van der Waals surface area contributed by atoms with Gasteiger partial charge in [-0.25, -0.2) is 4.79 Å². The first-order valence-corrected chi connectivity index (χ1v) is 5.25. The van der Waals surface area contributed by atoms with Crippen molar-refractivity contribution in [2.24, 2.45) is 0 Å². The van der Waals surface area contributed by atoms with Gasteiger partial charge in [-0.2, -0.15) is 0 Å². The Bertz CT molecular complexity index is 194. The van der Waals surface area contributed by atoms with E-state index in [2.05, 4.69) is 27.4 Å². The number of hydrogen-bond donors (Lipinski definition) is 0. The van der Waals surface area contributed by atoms with E-state index in [1.807, 2.05) is 6.92 Å². The average molecular weight is 280 g/mol. The number of carbonyl (C=O) groups is 1. The maximum Gasteiger partial charge on any atom is 0.334 e. The highest BCUT2D eigenvalue weighted by Gasteiger charge is 2.30. The lowest BCUT2D eigenvalue weighted by Crippen LogP contribution is -3.00. The van der Waals surface area contributed by atoms with Gasteiger partial charge in [-0.05, 0) is 20.8 Å². The third-order valence-electron chi connectivity index (χ3n) is 3.11. The Morgan fingerprint density at radius 2 is 1.73 bits per heavy atom. The maximum absolute atomic E-state index is 11.1. The van der Waals surface area contributed by atoms with Crippen molar-refractivity contribution in [1.29, 1.82) is 0 Å². The second-order valence-electron chi connectivity index (χ2n) is 3.41. The van der Waals surface area contributed by atoms with Crippen molar-refractivity contribution in [3.8, 4) is 0 Å². The van der Waals surface area contributed by atoms with Gasteiger partial charge in [0.25, 0.3) is 0 Å². The van der Waals surface area contributed by atoms with Gasteiger partial charge in [-0.3, -0.25) is 4.48 Å². The zero-order chi connectivity index (χ0) is 11.2. The average Bonchev–Trinajstić information content (AvgIpc) is 2.21. The lowest BCUT2D eigenvalue weighted by Gasteiger charge is -2.39. The highest BCUT2D eigenvalue weighted by molar-refractivity contribution is 5.81.